The van der Waals surface area contributed by atoms with Crippen LogP contribution in [0.2, 0.25) is 0 Å². The predicted octanol–water partition coefficient (Wildman–Crippen LogP) is 1.06. The van der Waals surface area contributed by atoms with Gasteiger partial charge in [-0.25, -0.2) is 8.42 Å². The first kappa shape index (κ1) is 17.2. The summed E-state index contributed by atoms with van der Waals surface area (Å²) in [6.07, 6.45) is 2.40. The minimum Gasteiger partial charge on any atom is -0.367 e. The normalized spacial score (nSPS) is 15.0. The first-order valence-electron chi connectivity index (χ1n) is 7.17. The maximum absolute atomic E-state index is 11.6. The number of benzene rings is 1. The lowest BCUT2D eigenvalue weighted by Crippen LogP contribution is -2.34. The Morgan fingerprint density at radius 1 is 1.39 bits per heavy atom. The summed E-state index contributed by atoms with van der Waals surface area (Å²) in [6, 6.07) is 3.86. The van der Waals surface area contributed by atoms with Crippen molar-refractivity contribution in [2.45, 2.75) is 17.7 Å². The second kappa shape index (κ2) is 6.53. The molecule has 0 bridgehead atoms. The van der Waals surface area contributed by atoms with Crippen molar-refractivity contribution in [2.75, 3.05) is 37.8 Å². The van der Waals surface area contributed by atoms with E-state index >= 15 is 0 Å². The van der Waals surface area contributed by atoms with Crippen molar-refractivity contribution in [1.82, 2.24) is 4.90 Å². The molecule has 1 heterocycles. The topological polar surface area (TPSA) is 101 Å². The molecule has 0 aromatic heterocycles. The first-order valence-corrected chi connectivity index (χ1v) is 9.06. The molecule has 1 aromatic carbocycles. The molecule has 1 aliphatic heterocycles. The fourth-order valence-electron chi connectivity index (χ4n) is 2.53. The van der Waals surface area contributed by atoms with Gasteiger partial charge in [-0.1, -0.05) is 0 Å². The van der Waals surface area contributed by atoms with Crippen LogP contribution in [0.3, 0.4) is 0 Å². The SMILES string of the molecule is CN(CCN1CCCC1=O)c1ccc(S(C)(=O)=O)cc1[N+](=O)[O-]. The third kappa shape index (κ3) is 3.98. The van der Waals surface area contributed by atoms with Crippen molar-refractivity contribution in [1.29, 1.82) is 0 Å². The molecular weight excluding hydrogens is 322 g/mol. The van der Waals surface area contributed by atoms with Gasteiger partial charge >= 0.3 is 0 Å². The van der Waals surface area contributed by atoms with Crippen molar-refractivity contribution in [2.24, 2.45) is 0 Å². The number of hydrogen-bond acceptors (Lipinski definition) is 6. The van der Waals surface area contributed by atoms with Crippen molar-refractivity contribution in [3.63, 3.8) is 0 Å². The van der Waals surface area contributed by atoms with Crippen LogP contribution < -0.4 is 4.90 Å². The average molecular weight is 341 g/mol. The van der Waals surface area contributed by atoms with E-state index in [1.165, 1.54) is 12.1 Å². The minimum atomic E-state index is -3.51. The number of rotatable bonds is 6. The molecule has 0 N–H and O–H groups in total. The number of nitro groups is 1. The van der Waals surface area contributed by atoms with E-state index in [0.717, 1.165) is 18.7 Å². The van der Waals surface area contributed by atoms with E-state index in [1.807, 2.05) is 0 Å². The Morgan fingerprint density at radius 3 is 2.61 bits per heavy atom. The number of carbonyl (C=O) groups excluding carboxylic acids is 1. The minimum absolute atomic E-state index is 0.0870. The highest BCUT2D eigenvalue weighted by molar-refractivity contribution is 7.90. The molecule has 0 spiro atoms. The molecule has 1 amide bonds. The Kier molecular flexibility index (Phi) is 4.88. The zero-order chi connectivity index (χ0) is 17.2. The summed E-state index contributed by atoms with van der Waals surface area (Å²) < 4.78 is 23.1. The van der Waals surface area contributed by atoms with Crippen LogP contribution in [0.1, 0.15) is 12.8 Å². The molecule has 126 valence electrons. The maximum Gasteiger partial charge on any atom is 0.293 e. The summed E-state index contributed by atoms with van der Waals surface area (Å²) in [5.74, 6) is 0.0975. The zero-order valence-corrected chi connectivity index (χ0v) is 13.9. The third-order valence-corrected chi connectivity index (χ3v) is 4.97. The van der Waals surface area contributed by atoms with Gasteiger partial charge in [0.1, 0.15) is 5.69 Å². The summed E-state index contributed by atoms with van der Waals surface area (Å²) in [5, 5.41) is 11.2. The van der Waals surface area contributed by atoms with Crippen LogP contribution in [0.15, 0.2) is 23.1 Å². The van der Waals surface area contributed by atoms with Crippen LogP contribution in [0, 0.1) is 10.1 Å². The van der Waals surface area contributed by atoms with Crippen LogP contribution in [0.4, 0.5) is 11.4 Å². The first-order chi connectivity index (χ1) is 10.7. The van der Waals surface area contributed by atoms with Gasteiger partial charge < -0.3 is 9.80 Å². The molecule has 1 fully saturated rings. The van der Waals surface area contributed by atoms with Gasteiger partial charge in [-0.15, -0.1) is 0 Å². The summed E-state index contributed by atoms with van der Waals surface area (Å²) in [5.41, 5.74) is 0.0669. The molecule has 1 aliphatic rings. The van der Waals surface area contributed by atoms with E-state index in [0.29, 0.717) is 31.7 Å². The van der Waals surface area contributed by atoms with Crippen LogP contribution in [0.5, 0.6) is 0 Å². The lowest BCUT2D eigenvalue weighted by molar-refractivity contribution is -0.384. The number of likely N-dealkylation sites (N-methyl/N-ethyl adjacent to an activating group) is 1. The van der Waals surface area contributed by atoms with Gasteiger partial charge in [-0.2, -0.15) is 0 Å². The van der Waals surface area contributed by atoms with E-state index in [2.05, 4.69) is 0 Å². The second-order valence-electron chi connectivity index (χ2n) is 5.59. The highest BCUT2D eigenvalue weighted by atomic mass is 32.2. The number of nitrogens with zero attached hydrogens (tertiary/aromatic N) is 3. The summed E-state index contributed by atoms with van der Waals surface area (Å²) >= 11 is 0. The van der Waals surface area contributed by atoms with E-state index in [9.17, 15) is 23.3 Å². The lowest BCUT2D eigenvalue weighted by Gasteiger charge is -2.23. The molecule has 1 saturated heterocycles. The van der Waals surface area contributed by atoms with E-state index in [4.69, 9.17) is 0 Å². The van der Waals surface area contributed by atoms with E-state index < -0.39 is 14.8 Å². The number of nitro benzene ring substituents is 1. The van der Waals surface area contributed by atoms with Gasteiger partial charge in [0, 0.05) is 45.4 Å². The predicted molar refractivity (Wildman–Crippen MR) is 85.3 cm³/mol. The molecule has 0 unspecified atom stereocenters. The Labute approximate surface area is 134 Å². The molecule has 8 nitrogen and oxygen atoms in total. The van der Waals surface area contributed by atoms with Crippen molar-refractivity contribution < 1.29 is 18.1 Å². The number of anilines is 1. The lowest BCUT2D eigenvalue weighted by atomic mass is 10.2. The fraction of sp³-hybridized carbons (Fsp3) is 0.500. The van der Waals surface area contributed by atoms with Gasteiger partial charge in [0.15, 0.2) is 9.84 Å². The number of sulfone groups is 1. The van der Waals surface area contributed by atoms with Gasteiger partial charge in [0.25, 0.3) is 5.69 Å². The van der Waals surface area contributed by atoms with Gasteiger partial charge in [-0.3, -0.25) is 14.9 Å². The number of carbonyl (C=O) groups is 1. The third-order valence-electron chi connectivity index (χ3n) is 3.86. The maximum atomic E-state index is 11.6. The Hall–Kier alpha value is -2.16. The molecule has 2 rings (SSSR count). The highest BCUT2D eigenvalue weighted by Gasteiger charge is 2.23. The van der Waals surface area contributed by atoms with E-state index in [1.54, 1.807) is 16.8 Å². The molecule has 23 heavy (non-hydrogen) atoms. The molecule has 9 heteroatoms. The molecule has 0 atom stereocenters. The van der Waals surface area contributed by atoms with Gasteiger partial charge in [0.2, 0.25) is 5.91 Å². The van der Waals surface area contributed by atoms with Crippen LogP contribution in [-0.2, 0) is 14.6 Å². The summed E-state index contributed by atoms with van der Waals surface area (Å²) in [7, 11) is -1.83. The highest BCUT2D eigenvalue weighted by Crippen LogP contribution is 2.30. The summed E-state index contributed by atoms with van der Waals surface area (Å²) in [6.45, 7) is 1.63. The number of hydrogen-bond donors (Lipinski definition) is 0. The van der Waals surface area contributed by atoms with Gasteiger partial charge in [0.05, 0.1) is 9.82 Å². The summed E-state index contributed by atoms with van der Waals surface area (Å²) in [4.78, 5) is 25.5. The van der Waals surface area contributed by atoms with Crippen LogP contribution in [-0.4, -0.2) is 57.1 Å². The van der Waals surface area contributed by atoms with Crippen molar-refractivity contribution in [3.05, 3.63) is 28.3 Å². The number of amides is 1. The standard InChI is InChI=1S/C14H19N3O5S/c1-15(8-9-16-7-3-4-14(16)18)12-6-5-11(23(2,21)22)10-13(12)17(19)20/h5-6,10H,3-4,7-9H2,1-2H3. The molecule has 1 aromatic rings. The smallest absolute Gasteiger partial charge is 0.293 e. The van der Waals surface area contributed by atoms with Gasteiger partial charge in [-0.05, 0) is 18.6 Å². The largest absolute Gasteiger partial charge is 0.367 e. The molecular formula is C14H19N3O5S. The van der Waals surface area contributed by atoms with E-state index in [-0.39, 0.29) is 16.5 Å². The Balaban J connectivity index is 2.20. The second-order valence-corrected chi connectivity index (χ2v) is 7.60. The Morgan fingerprint density at radius 2 is 2.09 bits per heavy atom. The van der Waals surface area contributed by atoms with Crippen LogP contribution in [0.25, 0.3) is 0 Å². The monoisotopic (exact) mass is 341 g/mol. The zero-order valence-electron chi connectivity index (χ0n) is 13.1. The Bertz CT molecular complexity index is 732. The average Bonchev–Trinajstić information content (AvgIpc) is 2.88. The quantitative estimate of drug-likeness (QED) is 0.566. The van der Waals surface area contributed by atoms with Crippen molar-refractivity contribution in [3.8, 4) is 0 Å². The van der Waals surface area contributed by atoms with Crippen molar-refractivity contribution >= 4 is 27.1 Å². The molecule has 0 aliphatic carbocycles. The van der Waals surface area contributed by atoms with Crippen LogP contribution >= 0.6 is 0 Å². The molecule has 0 saturated carbocycles. The molecule has 0 radical (unpaired) electrons. The number of likely N-dealkylation sites (tertiary alicyclic amines) is 1. The fourth-order valence-corrected chi connectivity index (χ4v) is 3.18.